The van der Waals surface area contributed by atoms with Crippen molar-refractivity contribution >= 4 is 22.8 Å². The van der Waals surface area contributed by atoms with Crippen LogP contribution in [0.1, 0.15) is 17.2 Å². The minimum Gasteiger partial charge on any atom is -0.328 e. The van der Waals surface area contributed by atoms with Crippen LogP contribution in [-0.2, 0) is 20.8 Å². The Balaban J connectivity index is 1.38. The number of imidazole rings is 1. The van der Waals surface area contributed by atoms with E-state index in [1.54, 1.807) is 25.0 Å². The molecule has 176 valence electrons. The van der Waals surface area contributed by atoms with E-state index in [-0.39, 0.29) is 24.0 Å². The maximum atomic E-state index is 13.1. The van der Waals surface area contributed by atoms with E-state index in [4.69, 9.17) is 11.6 Å². The molecule has 34 heavy (non-hydrogen) atoms. The van der Waals surface area contributed by atoms with E-state index < -0.39 is 0 Å². The van der Waals surface area contributed by atoms with Crippen LogP contribution in [0.2, 0.25) is 5.02 Å². The fraction of sp³-hybridized carbons (Fsp3) is 0.320. The predicted octanol–water partition coefficient (Wildman–Crippen LogP) is 2.45. The van der Waals surface area contributed by atoms with E-state index in [1.165, 1.54) is 20.3 Å². The van der Waals surface area contributed by atoms with Gasteiger partial charge in [-0.2, -0.15) is 0 Å². The first-order valence-electron chi connectivity index (χ1n) is 11.3. The van der Waals surface area contributed by atoms with Crippen molar-refractivity contribution in [2.45, 2.75) is 12.7 Å². The highest BCUT2D eigenvalue weighted by atomic mass is 35.5. The quantitative estimate of drug-likeness (QED) is 0.441. The van der Waals surface area contributed by atoms with Crippen LogP contribution in [0.4, 0.5) is 0 Å². The lowest BCUT2D eigenvalue weighted by Crippen LogP contribution is -2.51. The van der Waals surface area contributed by atoms with Crippen LogP contribution in [-0.4, -0.2) is 54.7 Å². The second-order valence-electron chi connectivity index (χ2n) is 8.76. The van der Waals surface area contributed by atoms with Crippen molar-refractivity contribution in [3.05, 3.63) is 97.9 Å². The average molecular weight is 479 g/mol. The van der Waals surface area contributed by atoms with Gasteiger partial charge in [-0.3, -0.25) is 19.2 Å². The molecule has 0 radical (unpaired) electrons. The second-order valence-corrected chi connectivity index (χ2v) is 9.20. The number of aryl methyl sites for hydroxylation is 2. The summed E-state index contributed by atoms with van der Waals surface area (Å²) in [5, 5.41) is 0.720. The zero-order chi connectivity index (χ0) is 23.8. The van der Waals surface area contributed by atoms with Gasteiger partial charge in [0, 0.05) is 45.3 Å². The molecule has 1 saturated heterocycles. The number of halogens is 1. The Morgan fingerprint density at radius 2 is 1.56 bits per heavy atom. The standard InChI is InChI=1S/C25H27ClN6O2/c1-28-16-27-23-22(28)24(33)32(25(34)29(23)2)17-30-12-14-31(15-13-30)21(18-6-4-3-5-7-18)19-8-10-20(26)11-9-19/h3-11,16,21H,12-15,17H2,1-2H3. The van der Waals surface area contributed by atoms with Gasteiger partial charge in [0.15, 0.2) is 11.2 Å². The lowest BCUT2D eigenvalue weighted by molar-refractivity contribution is 0.0860. The highest BCUT2D eigenvalue weighted by molar-refractivity contribution is 6.30. The molecule has 9 heteroatoms. The van der Waals surface area contributed by atoms with Gasteiger partial charge >= 0.3 is 5.69 Å². The molecule has 2 aromatic carbocycles. The third-order valence-corrected chi connectivity index (χ3v) is 6.87. The van der Waals surface area contributed by atoms with E-state index in [9.17, 15) is 9.59 Å². The smallest absolute Gasteiger partial charge is 0.328 e. The van der Waals surface area contributed by atoms with Crippen molar-refractivity contribution in [3.8, 4) is 0 Å². The van der Waals surface area contributed by atoms with Crippen LogP contribution >= 0.6 is 11.6 Å². The van der Waals surface area contributed by atoms with Crippen LogP contribution in [0.3, 0.4) is 0 Å². The first-order valence-corrected chi connectivity index (χ1v) is 11.7. The maximum Gasteiger partial charge on any atom is 0.333 e. The molecule has 0 spiro atoms. The Labute approximate surface area is 202 Å². The van der Waals surface area contributed by atoms with Crippen molar-refractivity contribution in [2.75, 3.05) is 26.2 Å². The maximum absolute atomic E-state index is 13.1. The van der Waals surface area contributed by atoms with Crippen LogP contribution in [0.5, 0.6) is 0 Å². The molecule has 3 heterocycles. The zero-order valence-electron chi connectivity index (χ0n) is 19.3. The van der Waals surface area contributed by atoms with Crippen molar-refractivity contribution < 1.29 is 0 Å². The van der Waals surface area contributed by atoms with Crippen molar-refractivity contribution in [1.82, 2.24) is 28.5 Å². The number of nitrogens with zero attached hydrogens (tertiary/aromatic N) is 6. The van der Waals surface area contributed by atoms with Crippen LogP contribution in [0.15, 0.2) is 70.5 Å². The minimum absolute atomic E-state index is 0.113. The Morgan fingerprint density at radius 3 is 2.24 bits per heavy atom. The third-order valence-electron chi connectivity index (χ3n) is 6.62. The van der Waals surface area contributed by atoms with E-state index in [2.05, 4.69) is 51.2 Å². The fourth-order valence-electron chi connectivity index (χ4n) is 4.78. The molecule has 4 aromatic rings. The van der Waals surface area contributed by atoms with Gasteiger partial charge in [-0.1, -0.05) is 54.1 Å². The summed E-state index contributed by atoms with van der Waals surface area (Å²) >= 11 is 6.14. The first-order chi connectivity index (χ1) is 16.4. The van der Waals surface area contributed by atoms with Crippen molar-refractivity contribution in [2.24, 2.45) is 14.1 Å². The molecule has 0 N–H and O–H groups in total. The Kier molecular flexibility index (Phi) is 6.12. The lowest BCUT2D eigenvalue weighted by atomic mass is 9.96. The van der Waals surface area contributed by atoms with Crippen LogP contribution < -0.4 is 11.2 Å². The minimum atomic E-state index is -0.345. The highest BCUT2D eigenvalue weighted by Crippen LogP contribution is 2.30. The Hall–Kier alpha value is -3.20. The predicted molar refractivity (Wildman–Crippen MR) is 133 cm³/mol. The molecule has 0 aliphatic carbocycles. The van der Waals surface area contributed by atoms with Crippen molar-refractivity contribution in [1.29, 1.82) is 0 Å². The molecule has 0 bridgehead atoms. The van der Waals surface area contributed by atoms with Gasteiger partial charge in [-0.15, -0.1) is 0 Å². The topological polar surface area (TPSA) is 68.3 Å². The summed E-state index contributed by atoms with van der Waals surface area (Å²) in [4.78, 5) is 34.8. The molecule has 1 unspecified atom stereocenters. The second kappa shape index (κ2) is 9.21. The summed E-state index contributed by atoms with van der Waals surface area (Å²) in [6, 6.07) is 18.6. The highest BCUT2D eigenvalue weighted by Gasteiger charge is 2.27. The summed E-state index contributed by atoms with van der Waals surface area (Å²) in [5.74, 6) is 0. The number of piperazine rings is 1. The molecule has 1 aliphatic rings. The first kappa shape index (κ1) is 22.6. The van der Waals surface area contributed by atoms with E-state index >= 15 is 0 Å². The van der Waals surface area contributed by atoms with E-state index in [1.807, 2.05) is 18.2 Å². The molecule has 5 rings (SSSR count). The summed E-state index contributed by atoms with van der Waals surface area (Å²) in [7, 11) is 3.42. The fourth-order valence-corrected chi connectivity index (χ4v) is 4.90. The number of fused-ring (bicyclic) bond motifs is 1. The van der Waals surface area contributed by atoms with Gasteiger partial charge in [0.25, 0.3) is 5.56 Å². The van der Waals surface area contributed by atoms with E-state index in [0.717, 1.165) is 31.2 Å². The van der Waals surface area contributed by atoms with Gasteiger partial charge in [0.05, 0.1) is 19.0 Å². The Bertz CT molecular complexity index is 1420. The summed E-state index contributed by atoms with van der Waals surface area (Å²) in [6.45, 7) is 3.37. The van der Waals surface area contributed by atoms with Gasteiger partial charge in [-0.25, -0.2) is 14.3 Å². The van der Waals surface area contributed by atoms with Gasteiger partial charge in [0.1, 0.15) is 0 Å². The molecule has 1 aliphatic heterocycles. The molecule has 1 fully saturated rings. The Morgan fingerprint density at radius 1 is 0.912 bits per heavy atom. The molecule has 8 nitrogen and oxygen atoms in total. The molecular weight excluding hydrogens is 452 g/mol. The largest absolute Gasteiger partial charge is 0.333 e. The molecule has 2 aromatic heterocycles. The molecular formula is C25H27ClN6O2. The van der Waals surface area contributed by atoms with Gasteiger partial charge in [-0.05, 0) is 23.3 Å². The molecule has 1 atom stereocenters. The zero-order valence-corrected chi connectivity index (χ0v) is 20.0. The van der Waals surface area contributed by atoms with E-state index in [0.29, 0.717) is 11.2 Å². The monoisotopic (exact) mass is 478 g/mol. The van der Waals surface area contributed by atoms with Crippen LogP contribution in [0.25, 0.3) is 11.2 Å². The SMILES string of the molecule is Cn1cnc2c1c(=O)n(CN1CCN(C(c3ccccc3)c3ccc(Cl)cc3)CC1)c(=O)n2C. The molecule has 0 saturated carbocycles. The summed E-state index contributed by atoms with van der Waals surface area (Å²) < 4.78 is 4.43. The van der Waals surface area contributed by atoms with Gasteiger partial charge < -0.3 is 4.57 Å². The number of aromatic nitrogens is 4. The lowest BCUT2D eigenvalue weighted by Gasteiger charge is -2.39. The van der Waals surface area contributed by atoms with Gasteiger partial charge in [0.2, 0.25) is 0 Å². The number of hydrogen-bond donors (Lipinski definition) is 0. The van der Waals surface area contributed by atoms with Crippen LogP contribution in [0, 0.1) is 0 Å². The van der Waals surface area contributed by atoms with Crippen molar-refractivity contribution in [3.63, 3.8) is 0 Å². The number of rotatable bonds is 5. The number of benzene rings is 2. The number of hydrogen-bond acceptors (Lipinski definition) is 5. The normalized spacial score (nSPS) is 16.2. The summed E-state index contributed by atoms with van der Waals surface area (Å²) in [6.07, 6.45) is 1.56. The average Bonchev–Trinajstić information content (AvgIpc) is 3.25. The molecule has 0 amide bonds. The summed E-state index contributed by atoms with van der Waals surface area (Å²) in [5.41, 5.74) is 2.62. The third kappa shape index (κ3) is 4.09.